The van der Waals surface area contributed by atoms with Crippen LogP contribution in [0.3, 0.4) is 0 Å². The Morgan fingerprint density at radius 2 is 1.97 bits per heavy atom. The number of nitrogens with two attached hydrogens (primary N) is 1. The van der Waals surface area contributed by atoms with Crippen molar-refractivity contribution in [3.05, 3.63) is 40.7 Å². The van der Waals surface area contributed by atoms with Crippen molar-refractivity contribution < 1.29 is 22.7 Å². The van der Waals surface area contributed by atoms with Crippen LogP contribution in [0.4, 0.5) is 35.3 Å². The first-order valence-corrected chi connectivity index (χ1v) is 10.4. The van der Waals surface area contributed by atoms with Crippen molar-refractivity contribution in [2.24, 2.45) is 0 Å². The number of carbonyl (C=O) groups excluding carboxylic acids is 1. The first kappa shape index (κ1) is 22.1. The highest BCUT2D eigenvalue weighted by atomic mass is 19.4. The van der Waals surface area contributed by atoms with Crippen LogP contribution >= 0.6 is 0 Å². The molecule has 2 amide bonds. The monoisotopic (exact) mass is 450 g/mol. The van der Waals surface area contributed by atoms with E-state index in [-0.39, 0.29) is 17.8 Å². The van der Waals surface area contributed by atoms with Crippen molar-refractivity contribution in [3.63, 3.8) is 0 Å². The average molecular weight is 450 g/mol. The number of ether oxygens (including phenoxy) is 1. The predicted molar refractivity (Wildman–Crippen MR) is 113 cm³/mol. The molecule has 0 radical (unpaired) electrons. The zero-order chi connectivity index (χ0) is 23.0. The Morgan fingerprint density at radius 3 is 2.66 bits per heavy atom. The van der Waals surface area contributed by atoms with Crippen molar-refractivity contribution in [1.29, 1.82) is 0 Å². The Hall–Kier alpha value is -3.08. The van der Waals surface area contributed by atoms with Gasteiger partial charge in [-0.2, -0.15) is 13.2 Å². The number of halogens is 3. The van der Waals surface area contributed by atoms with Crippen LogP contribution in [-0.4, -0.2) is 40.2 Å². The summed E-state index contributed by atoms with van der Waals surface area (Å²) in [6.45, 7) is 4.90. The lowest BCUT2D eigenvalue weighted by Crippen LogP contribution is -2.48. The van der Waals surface area contributed by atoms with E-state index in [0.717, 1.165) is 25.0 Å². The van der Waals surface area contributed by atoms with E-state index in [1.54, 1.807) is 18.7 Å². The number of aryl methyl sites for hydroxylation is 1. The Morgan fingerprint density at radius 1 is 1.25 bits per heavy atom. The zero-order valence-corrected chi connectivity index (χ0v) is 17.8. The number of nitrogens with one attached hydrogen (secondary N) is 2. The molecule has 0 unspecified atom stereocenters. The number of nitrogen functional groups attached to an aromatic ring is 1. The van der Waals surface area contributed by atoms with E-state index in [9.17, 15) is 18.0 Å². The van der Waals surface area contributed by atoms with Gasteiger partial charge in [-0.3, -0.25) is 5.32 Å². The molecule has 4 N–H and O–H groups in total. The van der Waals surface area contributed by atoms with Gasteiger partial charge in [0.1, 0.15) is 17.5 Å². The molecule has 1 atom stereocenters. The largest absolute Gasteiger partial charge is 0.416 e. The van der Waals surface area contributed by atoms with Gasteiger partial charge in [-0.1, -0.05) is 0 Å². The lowest BCUT2D eigenvalue weighted by molar-refractivity contribution is -0.137. The molecule has 2 aliphatic rings. The number of hydrogen-bond acceptors (Lipinski definition) is 6. The highest BCUT2D eigenvalue weighted by Gasteiger charge is 2.34. The van der Waals surface area contributed by atoms with Crippen molar-refractivity contribution in [2.45, 2.75) is 51.5 Å². The maximum Gasteiger partial charge on any atom is 0.416 e. The Balaban J connectivity index is 1.63. The number of alkyl halides is 3. The second kappa shape index (κ2) is 8.45. The van der Waals surface area contributed by atoms with Gasteiger partial charge in [-0.25, -0.2) is 14.8 Å². The smallest absolute Gasteiger partial charge is 0.399 e. The fourth-order valence-electron chi connectivity index (χ4n) is 4.05. The molecule has 11 heteroatoms. The Bertz CT molecular complexity index is 1020. The quantitative estimate of drug-likeness (QED) is 0.606. The number of anilines is 3. The van der Waals surface area contributed by atoms with Gasteiger partial charge in [0.25, 0.3) is 0 Å². The number of fused-ring (bicyclic) bond motifs is 1. The second-order valence-corrected chi connectivity index (χ2v) is 8.10. The van der Waals surface area contributed by atoms with Gasteiger partial charge in [-0.05, 0) is 50.5 Å². The summed E-state index contributed by atoms with van der Waals surface area (Å²) in [5.41, 5.74) is 6.01. The van der Waals surface area contributed by atoms with Crippen LogP contribution in [0.15, 0.2) is 18.2 Å². The van der Waals surface area contributed by atoms with E-state index in [1.165, 1.54) is 6.07 Å². The molecule has 0 spiro atoms. The van der Waals surface area contributed by atoms with Crippen LogP contribution in [0, 0.1) is 6.92 Å². The van der Waals surface area contributed by atoms with Crippen LogP contribution in [-0.2, 0) is 17.5 Å². The molecule has 0 saturated carbocycles. The zero-order valence-electron chi connectivity index (χ0n) is 17.8. The van der Waals surface area contributed by atoms with Gasteiger partial charge >= 0.3 is 12.2 Å². The summed E-state index contributed by atoms with van der Waals surface area (Å²) in [4.78, 5) is 23.2. The van der Waals surface area contributed by atoms with Crippen LogP contribution < -0.4 is 16.4 Å². The lowest BCUT2D eigenvalue weighted by Gasteiger charge is -2.37. The van der Waals surface area contributed by atoms with E-state index < -0.39 is 17.8 Å². The lowest BCUT2D eigenvalue weighted by atomic mass is 10.0. The molecule has 0 bridgehead atoms. The van der Waals surface area contributed by atoms with Gasteiger partial charge < -0.3 is 20.7 Å². The highest BCUT2D eigenvalue weighted by Crippen LogP contribution is 2.35. The molecule has 1 saturated heterocycles. The summed E-state index contributed by atoms with van der Waals surface area (Å²) in [5, 5.41) is 6.02. The standard InChI is InChI=1S/C21H25F3N6O2/c1-11(13-7-14(21(22,23)24)9-15(25)8-13)26-18-17-10-30(16-3-5-32-6-4-16)20(31)29-19(17)28-12(2)27-18/h7-9,11,16H,3-6,10,25H2,1-2H3,(H2,26,27,28,29,31)/t11-/m1/s1. The van der Waals surface area contributed by atoms with E-state index in [1.807, 2.05) is 0 Å². The normalized spacial score (nSPS) is 18.2. The molecule has 1 aromatic carbocycles. The Labute approximate surface area is 183 Å². The minimum absolute atomic E-state index is 0.0299. The molecule has 3 heterocycles. The predicted octanol–water partition coefficient (Wildman–Crippen LogP) is 4.09. The van der Waals surface area contributed by atoms with Gasteiger partial charge in [0, 0.05) is 24.9 Å². The number of amides is 2. The van der Waals surface area contributed by atoms with Crippen molar-refractivity contribution in [1.82, 2.24) is 14.9 Å². The fourth-order valence-corrected chi connectivity index (χ4v) is 4.05. The molecule has 8 nitrogen and oxygen atoms in total. The third-order valence-electron chi connectivity index (χ3n) is 5.72. The summed E-state index contributed by atoms with van der Waals surface area (Å²) >= 11 is 0. The first-order chi connectivity index (χ1) is 15.1. The topological polar surface area (TPSA) is 105 Å². The minimum atomic E-state index is -4.50. The third-order valence-corrected chi connectivity index (χ3v) is 5.72. The van der Waals surface area contributed by atoms with Crippen molar-refractivity contribution >= 4 is 23.4 Å². The van der Waals surface area contributed by atoms with E-state index in [0.29, 0.717) is 48.3 Å². The van der Waals surface area contributed by atoms with Crippen LogP contribution in [0.25, 0.3) is 0 Å². The number of carbonyl (C=O) groups is 1. The summed E-state index contributed by atoms with van der Waals surface area (Å²) in [7, 11) is 0. The van der Waals surface area contributed by atoms with E-state index in [2.05, 4.69) is 20.6 Å². The number of hydrogen-bond donors (Lipinski definition) is 3. The second-order valence-electron chi connectivity index (χ2n) is 8.10. The van der Waals surface area contributed by atoms with E-state index in [4.69, 9.17) is 10.5 Å². The number of benzene rings is 1. The van der Waals surface area contributed by atoms with Crippen molar-refractivity contribution in [2.75, 3.05) is 29.6 Å². The number of nitrogens with zero attached hydrogens (tertiary/aromatic N) is 3. The molecular formula is C21H25F3N6O2. The molecule has 2 aromatic rings. The average Bonchev–Trinajstić information content (AvgIpc) is 2.72. The maximum atomic E-state index is 13.2. The molecule has 32 heavy (non-hydrogen) atoms. The molecular weight excluding hydrogens is 425 g/mol. The molecule has 4 rings (SSSR count). The van der Waals surface area contributed by atoms with Crippen molar-refractivity contribution in [3.8, 4) is 0 Å². The van der Waals surface area contributed by atoms with Crippen LogP contribution in [0.2, 0.25) is 0 Å². The maximum absolute atomic E-state index is 13.2. The molecule has 1 aromatic heterocycles. The SMILES string of the molecule is Cc1nc2c(c(N[C@H](C)c3cc(N)cc(C(F)(F)F)c3)n1)CN(C1CCOCC1)C(=O)N2. The number of urea groups is 1. The highest BCUT2D eigenvalue weighted by molar-refractivity contribution is 5.92. The summed E-state index contributed by atoms with van der Waals surface area (Å²) < 4.78 is 45.1. The van der Waals surface area contributed by atoms with Crippen LogP contribution in [0.1, 0.15) is 48.3 Å². The summed E-state index contributed by atoms with van der Waals surface area (Å²) in [5.74, 6) is 1.30. The number of aromatic nitrogens is 2. The van der Waals surface area contributed by atoms with E-state index >= 15 is 0 Å². The fraction of sp³-hybridized carbons (Fsp3) is 0.476. The summed E-state index contributed by atoms with van der Waals surface area (Å²) in [6, 6.07) is 2.77. The molecule has 1 fully saturated rings. The van der Waals surface area contributed by atoms with Gasteiger partial charge in [0.15, 0.2) is 0 Å². The number of rotatable bonds is 4. The van der Waals surface area contributed by atoms with Gasteiger partial charge in [0.2, 0.25) is 0 Å². The van der Waals surface area contributed by atoms with Gasteiger partial charge in [0.05, 0.1) is 23.7 Å². The first-order valence-electron chi connectivity index (χ1n) is 10.4. The minimum Gasteiger partial charge on any atom is -0.399 e. The Kier molecular flexibility index (Phi) is 5.85. The molecule has 172 valence electrons. The molecule has 0 aliphatic carbocycles. The van der Waals surface area contributed by atoms with Gasteiger partial charge in [-0.15, -0.1) is 0 Å². The molecule has 2 aliphatic heterocycles. The summed E-state index contributed by atoms with van der Waals surface area (Å²) in [6.07, 6.45) is -3.03. The third kappa shape index (κ3) is 4.57. The van der Waals surface area contributed by atoms with Crippen LogP contribution in [0.5, 0.6) is 0 Å².